The summed E-state index contributed by atoms with van der Waals surface area (Å²) >= 11 is 0. The molecule has 2 aromatic carbocycles. The van der Waals surface area contributed by atoms with Gasteiger partial charge in [-0.1, -0.05) is 25.3 Å². The van der Waals surface area contributed by atoms with Crippen molar-refractivity contribution in [3.8, 4) is 11.5 Å². The topological polar surface area (TPSA) is 71.1 Å². The molecule has 0 aliphatic carbocycles. The van der Waals surface area contributed by atoms with Crippen molar-refractivity contribution >= 4 is 22.7 Å². The van der Waals surface area contributed by atoms with Gasteiger partial charge in [0.05, 0.1) is 0 Å². The van der Waals surface area contributed by atoms with Crippen molar-refractivity contribution in [3.63, 3.8) is 0 Å². The molecule has 6 nitrogen and oxygen atoms in total. The summed E-state index contributed by atoms with van der Waals surface area (Å²) in [7, 11) is 0. The summed E-state index contributed by atoms with van der Waals surface area (Å²) in [4.78, 5) is 23.1. The lowest BCUT2D eigenvalue weighted by Gasteiger charge is -2.15. The molecule has 0 spiro atoms. The van der Waals surface area contributed by atoms with Crippen LogP contribution in [0.3, 0.4) is 0 Å². The van der Waals surface area contributed by atoms with Crippen LogP contribution >= 0.6 is 0 Å². The predicted molar refractivity (Wildman–Crippen MR) is 116 cm³/mol. The molecule has 0 radical (unpaired) electrons. The van der Waals surface area contributed by atoms with Crippen LogP contribution in [-0.4, -0.2) is 37.4 Å². The average molecular weight is 412 g/mol. The molecule has 160 valence electrons. The van der Waals surface area contributed by atoms with E-state index in [9.17, 15) is 9.59 Å². The van der Waals surface area contributed by atoms with Gasteiger partial charge in [-0.25, -0.2) is 9.59 Å². The molecule has 0 heterocycles. The second-order valence-electron chi connectivity index (χ2n) is 7.29. The van der Waals surface area contributed by atoms with Crippen LogP contribution in [0.5, 0.6) is 11.5 Å². The van der Waals surface area contributed by atoms with E-state index in [0.29, 0.717) is 22.6 Å². The van der Waals surface area contributed by atoms with Crippen molar-refractivity contribution in [2.75, 3.05) is 13.2 Å². The van der Waals surface area contributed by atoms with E-state index in [0.717, 1.165) is 10.8 Å². The number of esters is 2. The maximum Gasteiger partial charge on any atom is 0.333 e. The molecule has 30 heavy (non-hydrogen) atoms. The zero-order valence-corrected chi connectivity index (χ0v) is 17.9. The van der Waals surface area contributed by atoms with Gasteiger partial charge in [0.25, 0.3) is 0 Å². The monoisotopic (exact) mass is 412 g/mol. The molecular formula is C24H28O6. The van der Waals surface area contributed by atoms with E-state index in [1.54, 1.807) is 27.7 Å². The standard InChI is InChI=1S/C24H28O6/c1-15(2)23(25)29-17(5)13-27-21-9-7-20-12-22(10-8-19(20)11-21)28-14-18(6)30-24(26)16(3)4/h7-12,17-18H,1,3,13-14H2,2,4-6H3. The van der Waals surface area contributed by atoms with E-state index in [1.807, 2.05) is 36.4 Å². The van der Waals surface area contributed by atoms with Crippen LogP contribution in [0.1, 0.15) is 27.7 Å². The molecule has 0 aliphatic rings. The fourth-order valence-corrected chi connectivity index (χ4v) is 2.44. The zero-order chi connectivity index (χ0) is 22.3. The number of benzene rings is 2. The van der Waals surface area contributed by atoms with E-state index >= 15 is 0 Å². The van der Waals surface area contributed by atoms with Gasteiger partial charge in [-0.05, 0) is 62.7 Å². The second-order valence-corrected chi connectivity index (χ2v) is 7.29. The van der Waals surface area contributed by atoms with Crippen LogP contribution in [-0.2, 0) is 19.1 Å². The van der Waals surface area contributed by atoms with Crippen molar-refractivity contribution in [1.82, 2.24) is 0 Å². The van der Waals surface area contributed by atoms with Gasteiger partial charge in [0.15, 0.2) is 0 Å². The first-order valence-corrected chi connectivity index (χ1v) is 9.68. The second kappa shape index (κ2) is 10.5. The van der Waals surface area contributed by atoms with E-state index in [4.69, 9.17) is 18.9 Å². The number of carbonyl (C=O) groups excluding carboxylic acids is 2. The summed E-state index contributed by atoms with van der Waals surface area (Å²) in [5.74, 6) is 0.492. The molecule has 0 amide bonds. The maximum absolute atomic E-state index is 11.5. The Labute approximate surface area is 177 Å². The van der Waals surface area contributed by atoms with Crippen molar-refractivity contribution in [1.29, 1.82) is 0 Å². The van der Waals surface area contributed by atoms with Crippen LogP contribution in [0.2, 0.25) is 0 Å². The van der Waals surface area contributed by atoms with Gasteiger partial charge >= 0.3 is 11.9 Å². The fourth-order valence-electron chi connectivity index (χ4n) is 2.44. The molecule has 0 fully saturated rings. The molecular weight excluding hydrogens is 384 g/mol. The van der Waals surface area contributed by atoms with Crippen LogP contribution in [0.4, 0.5) is 0 Å². The SMILES string of the molecule is C=C(C)C(=O)OC(C)COc1ccc2cc(OCC(C)OC(=O)C(=C)C)ccc2c1. The molecule has 2 rings (SSSR count). The molecule has 0 N–H and O–H groups in total. The molecule has 0 saturated heterocycles. The molecule has 2 unspecified atom stereocenters. The minimum absolute atomic E-state index is 0.243. The lowest BCUT2D eigenvalue weighted by Crippen LogP contribution is -2.22. The van der Waals surface area contributed by atoms with Crippen molar-refractivity contribution in [3.05, 3.63) is 60.7 Å². The Bertz CT molecular complexity index is 869. The zero-order valence-electron chi connectivity index (χ0n) is 17.9. The third kappa shape index (κ3) is 6.95. The van der Waals surface area contributed by atoms with E-state index in [1.165, 1.54) is 0 Å². The Morgan fingerprint density at radius 1 is 0.767 bits per heavy atom. The summed E-state index contributed by atoms with van der Waals surface area (Å²) < 4.78 is 21.9. The van der Waals surface area contributed by atoms with Gasteiger partial charge in [-0.3, -0.25) is 0 Å². The highest BCUT2D eigenvalue weighted by molar-refractivity contribution is 5.87. The summed E-state index contributed by atoms with van der Waals surface area (Å²) in [6, 6.07) is 11.3. The quantitative estimate of drug-likeness (QED) is 0.419. The third-order valence-corrected chi connectivity index (χ3v) is 4.07. The Hall–Kier alpha value is -3.28. The molecule has 0 aromatic heterocycles. The smallest absolute Gasteiger partial charge is 0.333 e. The van der Waals surface area contributed by atoms with Crippen molar-refractivity contribution in [2.24, 2.45) is 0 Å². The highest BCUT2D eigenvalue weighted by Crippen LogP contribution is 2.25. The summed E-state index contributed by atoms with van der Waals surface area (Å²) in [5.41, 5.74) is 0.711. The first-order valence-electron chi connectivity index (χ1n) is 9.68. The minimum Gasteiger partial charge on any atom is -0.490 e. The first-order chi connectivity index (χ1) is 14.2. The Kier molecular flexibility index (Phi) is 8.04. The molecule has 0 saturated carbocycles. The highest BCUT2D eigenvalue weighted by atomic mass is 16.6. The predicted octanol–water partition coefficient (Wildman–Crippen LogP) is 4.61. The van der Waals surface area contributed by atoms with E-state index < -0.39 is 11.9 Å². The molecule has 0 aliphatic heterocycles. The van der Waals surface area contributed by atoms with Crippen LogP contribution in [0, 0.1) is 0 Å². The van der Waals surface area contributed by atoms with Crippen LogP contribution < -0.4 is 9.47 Å². The number of hydrogen-bond acceptors (Lipinski definition) is 6. The third-order valence-electron chi connectivity index (χ3n) is 4.07. The molecule has 2 atom stereocenters. The molecule has 2 aromatic rings. The van der Waals surface area contributed by atoms with Gasteiger partial charge in [-0.15, -0.1) is 0 Å². The first kappa shape index (κ1) is 23.0. The Morgan fingerprint density at radius 3 is 1.47 bits per heavy atom. The van der Waals surface area contributed by atoms with Gasteiger partial charge in [-0.2, -0.15) is 0 Å². The Morgan fingerprint density at radius 2 is 1.13 bits per heavy atom. The van der Waals surface area contributed by atoms with Gasteiger partial charge in [0.2, 0.25) is 0 Å². The summed E-state index contributed by atoms with van der Waals surface area (Å²) in [5, 5.41) is 1.96. The number of ether oxygens (including phenoxy) is 4. The molecule has 0 bridgehead atoms. The van der Waals surface area contributed by atoms with Crippen molar-refractivity contribution < 1.29 is 28.5 Å². The van der Waals surface area contributed by atoms with Crippen LogP contribution in [0.25, 0.3) is 10.8 Å². The number of fused-ring (bicyclic) bond motifs is 1. The summed E-state index contributed by atoms with van der Waals surface area (Å²) in [6.45, 7) is 14.3. The maximum atomic E-state index is 11.5. The number of hydrogen-bond donors (Lipinski definition) is 0. The number of rotatable bonds is 10. The van der Waals surface area contributed by atoms with Gasteiger partial charge in [0, 0.05) is 11.1 Å². The largest absolute Gasteiger partial charge is 0.490 e. The average Bonchev–Trinajstić information content (AvgIpc) is 2.70. The molecule has 6 heteroatoms. The minimum atomic E-state index is -0.430. The van der Waals surface area contributed by atoms with E-state index in [2.05, 4.69) is 13.2 Å². The van der Waals surface area contributed by atoms with Crippen LogP contribution in [0.15, 0.2) is 60.7 Å². The van der Waals surface area contributed by atoms with E-state index in [-0.39, 0.29) is 25.4 Å². The lowest BCUT2D eigenvalue weighted by atomic mass is 10.1. The lowest BCUT2D eigenvalue weighted by molar-refractivity contribution is -0.145. The normalized spacial score (nSPS) is 12.5. The highest BCUT2D eigenvalue weighted by Gasteiger charge is 2.12. The number of carbonyl (C=O) groups is 2. The van der Waals surface area contributed by atoms with Gasteiger partial charge < -0.3 is 18.9 Å². The van der Waals surface area contributed by atoms with Gasteiger partial charge in [0.1, 0.15) is 36.9 Å². The summed E-state index contributed by atoms with van der Waals surface area (Å²) in [6.07, 6.45) is -0.775. The van der Waals surface area contributed by atoms with Crippen molar-refractivity contribution in [2.45, 2.75) is 39.9 Å². The fraction of sp³-hybridized carbons (Fsp3) is 0.333. The Balaban J connectivity index is 1.92.